The van der Waals surface area contributed by atoms with Crippen molar-refractivity contribution >= 4 is 32.6 Å². The van der Waals surface area contributed by atoms with Crippen molar-refractivity contribution in [3.8, 4) is 0 Å². The summed E-state index contributed by atoms with van der Waals surface area (Å²) < 4.78 is 29.8. The lowest BCUT2D eigenvalue weighted by molar-refractivity contribution is -0.142. The highest BCUT2D eigenvalue weighted by Crippen LogP contribution is 2.17. The van der Waals surface area contributed by atoms with E-state index in [4.69, 9.17) is 4.74 Å². The number of pyridine rings is 1. The number of nitrogens with zero attached hydrogens (tertiary/aromatic N) is 1. The lowest BCUT2D eigenvalue weighted by atomic mass is 10.1. The molecule has 1 heterocycles. The Morgan fingerprint density at radius 3 is 2.48 bits per heavy atom. The molecule has 0 fully saturated rings. The van der Waals surface area contributed by atoms with Gasteiger partial charge < -0.3 is 10.1 Å². The van der Waals surface area contributed by atoms with Crippen LogP contribution < -0.4 is 5.32 Å². The summed E-state index contributed by atoms with van der Waals surface area (Å²) in [6.45, 7) is 0. The molecular weight excluding hydrogens is 392 g/mol. The molecule has 0 saturated carbocycles. The van der Waals surface area contributed by atoms with Gasteiger partial charge in [-0.15, -0.1) is 0 Å². The zero-order chi connectivity index (χ0) is 20.9. The van der Waals surface area contributed by atoms with E-state index in [-0.39, 0.29) is 17.1 Å². The predicted octanol–water partition coefficient (Wildman–Crippen LogP) is 2.37. The molecule has 0 radical (unpaired) electrons. The third kappa shape index (κ3) is 4.78. The number of nitrogens with one attached hydrogen (secondary N) is 1. The fourth-order valence-corrected chi connectivity index (χ4v) is 4.29. The number of esters is 1. The van der Waals surface area contributed by atoms with Crippen molar-refractivity contribution in [2.24, 2.45) is 0 Å². The van der Waals surface area contributed by atoms with Crippen LogP contribution in [0.15, 0.2) is 71.8 Å². The summed E-state index contributed by atoms with van der Waals surface area (Å²) in [4.78, 5) is 29.3. The number of carbonyl (C=O) groups is 2. The Morgan fingerprint density at radius 2 is 1.76 bits per heavy atom. The standard InChI is InChI=1S/C21H20N2O5S/c1-28-21(25)18(12-14-29(26,27)16-9-3-2-4-10-16)23-20(24)17-11-5-7-15-8-6-13-22-19(15)17/h2-11,13,18H,12,14H2,1H3,(H,23,24)/t18-/m0/s1. The summed E-state index contributed by atoms with van der Waals surface area (Å²) in [5.74, 6) is -1.55. The zero-order valence-electron chi connectivity index (χ0n) is 15.7. The Bertz CT molecular complexity index is 1120. The fourth-order valence-electron chi connectivity index (χ4n) is 2.93. The average molecular weight is 412 g/mol. The molecule has 150 valence electrons. The minimum absolute atomic E-state index is 0.117. The van der Waals surface area contributed by atoms with Crippen molar-refractivity contribution in [3.63, 3.8) is 0 Å². The van der Waals surface area contributed by atoms with Crippen molar-refractivity contribution in [2.75, 3.05) is 12.9 Å². The van der Waals surface area contributed by atoms with Crippen LogP contribution >= 0.6 is 0 Å². The van der Waals surface area contributed by atoms with Gasteiger partial charge in [0.25, 0.3) is 5.91 Å². The highest BCUT2D eigenvalue weighted by atomic mass is 32.2. The van der Waals surface area contributed by atoms with Gasteiger partial charge in [0.2, 0.25) is 0 Å². The number of methoxy groups -OCH3 is 1. The second kappa shape index (κ2) is 8.83. The van der Waals surface area contributed by atoms with Gasteiger partial charge in [-0.3, -0.25) is 9.78 Å². The third-order valence-corrected chi connectivity index (χ3v) is 6.21. The number of para-hydroxylation sites is 1. The van der Waals surface area contributed by atoms with Crippen LogP contribution in [0, 0.1) is 0 Å². The van der Waals surface area contributed by atoms with Crippen LogP contribution in [0.1, 0.15) is 16.8 Å². The van der Waals surface area contributed by atoms with Crippen LogP contribution in [0.25, 0.3) is 10.9 Å². The van der Waals surface area contributed by atoms with Gasteiger partial charge >= 0.3 is 5.97 Å². The van der Waals surface area contributed by atoms with E-state index in [1.807, 2.05) is 12.1 Å². The molecule has 1 aromatic heterocycles. The first-order chi connectivity index (χ1) is 13.9. The number of carbonyl (C=O) groups excluding carboxylic acids is 2. The Labute approximate surface area is 168 Å². The van der Waals surface area contributed by atoms with Gasteiger partial charge in [0, 0.05) is 11.6 Å². The SMILES string of the molecule is COC(=O)[C@H](CCS(=O)(=O)c1ccccc1)NC(=O)c1cccc2cccnc12. The minimum atomic E-state index is -3.60. The summed E-state index contributed by atoms with van der Waals surface area (Å²) in [6.07, 6.45) is 1.46. The van der Waals surface area contributed by atoms with Crippen LogP contribution in [0.3, 0.4) is 0 Å². The molecule has 0 aliphatic rings. The first-order valence-electron chi connectivity index (χ1n) is 8.92. The normalized spacial score (nSPS) is 12.3. The van der Waals surface area contributed by atoms with Crippen LogP contribution in [-0.4, -0.2) is 44.2 Å². The van der Waals surface area contributed by atoms with Crippen molar-refractivity contribution < 1.29 is 22.7 Å². The molecule has 1 amide bonds. The molecule has 3 rings (SSSR count). The molecule has 0 saturated heterocycles. The monoisotopic (exact) mass is 412 g/mol. The lowest BCUT2D eigenvalue weighted by Crippen LogP contribution is -2.42. The molecule has 1 N–H and O–H groups in total. The highest BCUT2D eigenvalue weighted by Gasteiger charge is 2.26. The number of fused-ring (bicyclic) bond motifs is 1. The molecule has 2 aromatic carbocycles. The second-order valence-corrected chi connectivity index (χ2v) is 8.46. The maximum Gasteiger partial charge on any atom is 0.328 e. The summed E-state index contributed by atoms with van der Waals surface area (Å²) in [7, 11) is -2.42. The topological polar surface area (TPSA) is 102 Å². The van der Waals surface area contributed by atoms with Gasteiger partial charge in [-0.25, -0.2) is 13.2 Å². The first kappa shape index (κ1) is 20.5. The van der Waals surface area contributed by atoms with Crippen molar-refractivity contribution in [1.29, 1.82) is 0 Å². The minimum Gasteiger partial charge on any atom is -0.467 e. The molecule has 0 bridgehead atoms. The van der Waals surface area contributed by atoms with Gasteiger partial charge in [-0.2, -0.15) is 0 Å². The summed E-state index contributed by atoms with van der Waals surface area (Å²) >= 11 is 0. The maximum atomic E-state index is 12.8. The van der Waals surface area contributed by atoms with E-state index in [1.54, 1.807) is 42.6 Å². The van der Waals surface area contributed by atoms with Crippen molar-refractivity contribution in [3.05, 3.63) is 72.4 Å². The maximum absolute atomic E-state index is 12.8. The molecule has 0 unspecified atom stereocenters. The number of benzene rings is 2. The molecule has 0 spiro atoms. The van der Waals surface area contributed by atoms with Crippen LogP contribution in [0.4, 0.5) is 0 Å². The van der Waals surface area contributed by atoms with E-state index in [2.05, 4.69) is 10.3 Å². The second-order valence-electron chi connectivity index (χ2n) is 6.35. The Balaban J connectivity index is 1.79. The molecule has 7 nitrogen and oxygen atoms in total. The van der Waals surface area contributed by atoms with Gasteiger partial charge in [0.15, 0.2) is 9.84 Å². The van der Waals surface area contributed by atoms with E-state index < -0.39 is 27.8 Å². The fraction of sp³-hybridized carbons (Fsp3) is 0.190. The number of aromatic nitrogens is 1. The van der Waals surface area contributed by atoms with Gasteiger partial charge in [-0.1, -0.05) is 36.4 Å². The van der Waals surface area contributed by atoms with Crippen LogP contribution in [0.5, 0.6) is 0 Å². The van der Waals surface area contributed by atoms with Crippen molar-refractivity contribution in [1.82, 2.24) is 10.3 Å². The third-order valence-electron chi connectivity index (χ3n) is 4.45. The van der Waals surface area contributed by atoms with Gasteiger partial charge in [-0.05, 0) is 30.7 Å². The smallest absolute Gasteiger partial charge is 0.328 e. The molecule has 8 heteroatoms. The van der Waals surface area contributed by atoms with E-state index in [1.165, 1.54) is 19.2 Å². The summed E-state index contributed by atoms with van der Waals surface area (Å²) in [5.41, 5.74) is 0.788. The number of sulfone groups is 1. The Kier molecular flexibility index (Phi) is 6.23. The molecule has 3 aromatic rings. The number of amides is 1. The van der Waals surface area contributed by atoms with E-state index >= 15 is 0 Å². The van der Waals surface area contributed by atoms with E-state index in [0.717, 1.165) is 5.39 Å². The summed E-state index contributed by atoms with van der Waals surface area (Å²) in [5, 5.41) is 3.36. The van der Waals surface area contributed by atoms with Gasteiger partial charge in [0.05, 0.1) is 28.8 Å². The predicted molar refractivity (Wildman–Crippen MR) is 108 cm³/mol. The first-order valence-corrected chi connectivity index (χ1v) is 10.6. The van der Waals surface area contributed by atoms with E-state index in [9.17, 15) is 18.0 Å². The van der Waals surface area contributed by atoms with E-state index in [0.29, 0.717) is 11.1 Å². The highest BCUT2D eigenvalue weighted by molar-refractivity contribution is 7.91. The van der Waals surface area contributed by atoms with Crippen molar-refractivity contribution in [2.45, 2.75) is 17.4 Å². The number of hydrogen-bond donors (Lipinski definition) is 1. The Morgan fingerprint density at radius 1 is 1.03 bits per heavy atom. The average Bonchev–Trinajstić information content (AvgIpc) is 2.76. The summed E-state index contributed by atoms with van der Waals surface area (Å²) in [6, 6.07) is 15.6. The van der Waals surface area contributed by atoms with Gasteiger partial charge in [0.1, 0.15) is 6.04 Å². The molecule has 29 heavy (non-hydrogen) atoms. The lowest BCUT2D eigenvalue weighted by Gasteiger charge is -2.17. The zero-order valence-corrected chi connectivity index (χ0v) is 16.6. The van der Waals surface area contributed by atoms with Crippen LogP contribution in [0.2, 0.25) is 0 Å². The Hall–Kier alpha value is -3.26. The molecule has 0 aliphatic heterocycles. The quantitative estimate of drug-likeness (QED) is 0.598. The number of hydrogen-bond acceptors (Lipinski definition) is 6. The molecule has 1 atom stereocenters. The largest absolute Gasteiger partial charge is 0.467 e. The number of rotatable bonds is 7. The number of ether oxygens (including phenoxy) is 1. The molecule has 0 aliphatic carbocycles. The molecular formula is C21H20N2O5S. The van der Waals surface area contributed by atoms with Crippen LogP contribution in [-0.2, 0) is 19.4 Å².